The van der Waals surface area contributed by atoms with Crippen molar-refractivity contribution in [2.24, 2.45) is 0 Å². The second kappa shape index (κ2) is 13.0. The van der Waals surface area contributed by atoms with E-state index in [4.69, 9.17) is 0 Å². The first-order valence-corrected chi connectivity index (χ1v) is 23.8. The van der Waals surface area contributed by atoms with Crippen molar-refractivity contribution in [3.63, 3.8) is 0 Å². The predicted octanol–water partition coefficient (Wildman–Crippen LogP) is 15.4. The van der Waals surface area contributed by atoms with E-state index in [1.165, 1.54) is 139 Å². The van der Waals surface area contributed by atoms with Crippen LogP contribution >= 0.6 is 0 Å². The van der Waals surface area contributed by atoms with E-state index >= 15 is 0 Å². The van der Waals surface area contributed by atoms with E-state index in [1.807, 2.05) is 0 Å². The highest BCUT2D eigenvalue weighted by Crippen LogP contribution is 2.61. The normalized spacial score (nSPS) is 19.0. The molecule has 0 fully saturated rings. The summed E-state index contributed by atoms with van der Waals surface area (Å²) in [7, 11) is 0. The van der Waals surface area contributed by atoms with E-state index < -0.39 is 5.54 Å². The van der Waals surface area contributed by atoms with Gasteiger partial charge in [-0.3, -0.25) is 0 Å². The van der Waals surface area contributed by atoms with Crippen molar-refractivity contribution in [1.82, 2.24) is 0 Å². The highest BCUT2D eigenvalue weighted by atomic mass is 15.0. The summed E-state index contributed by atoms with van der Waals surface area (Å²) in [6.45, 7) is 4.70. The van der Waals surface area contributed by atoms with Crippen LogP contribution in [-0.4, -0.2) is 0 Å². The molecule has 308 valence electrons. The van der Waals surface area contributed by atoms with E-state index in [-0.39, 0.29) is 11.8 Å². The van der Waals surface area contributed by atoms with Crippen LogP contribution in [0.1, 0.15) is 91.1 Å². The first kappa shape index (κ1) is 36.2. The summed E-state index contributed by atoms with van der Waals surface area (Å²) < 4.78 is 0. The van der Waals surface area contributed by atoms with Gasteiger partial charge in [-0.05, 0) is 240 Å². The van der Waals surface area contributed by atoms with E-state index in [0.29, 0.717) is 0 Å². The van der Waals surface area contributed by atoms with E-state index in [2.05, 4.69) is 189 Å². The molecule has 3 atom stereocenters. The number of fused-ring (bicyclic) bond motifs is 18. The molecule has 9 aromatic carbocycles. The van der Waals surface area contributed by atoms with Gasteiger partial charge in [-0.1, -0.05) is 121 Å². The van der Waals surface area contributed by atoms with Gasteiger partial charge in [-0.2, -0.15) is 0 Å². The number of nitrogens with one attached hydrogen (secondary N) is 1. The van der Waals surface area contributed by atoms with E-state index in [9.17, 15) is 0 Å². The number of hydrogen-bond donors (Lipinski definition) is 1. The number of anilines is 1. The Bertz CT molecular complexity index is 3580. The van der Waals surface area contributed by atoms with E-state index in [0.717, 1.165) is 37.8 Å². The monoisotopic (exact) mass is 829 g/mol. The van der Waals surface area contributed by atoms with Crippen LogP contribution in [0.5, 0.6) is 0 Å². The minimum absolute atomic E-state index is 0.123. The third-order valence-electron chi connectivity index (χ3n) is 16.7. The highest BCUT2D eigenvalue weighted by molar-refractivity contribution is 5.91. The first-order valence-electron chi connectivity index (χ1n) is 23.8. The van der Waals surface area contributed by atoms with Gasteiger partial charge in [0.25, 0.3) is 0 Å². The molecule has 65 heavy (non-hydrogen) atoms. The number of hydrogen-bond acceptors (Lipinski definition) is 1. The van der Waals surface area contributed by atoms with Gasteiger partial charge in [0, 0.05) is 11.6 Å². The minimum Gasteiger partial charge on any atom is -0.375 e. The standard InChI is InChI=1S/C64H47N/c1-36-19-21-46(22-20-36)65-64(2)62-18-10-9-17-51(62)59-33-44-26-42-28-53-40(24-38-12-4-6-14-48(38)53)31-57(42)58(44)35-61(59)63(64)60-34-45-32-56-43(29-54(45)49-15-7-8-16-50(49)60)25-41-27-52-39(30-55(41)56)23-37-11-3-5-13-47(37)52/h3-22,27-33,35,60,63,65H,23-26,34H2,1-2H3. The van der Waals surface area contributed by atoms with Crippen molar-refractivity contribution in [2.45, 2.75) is 63.3 Å². The van der Waals surface area contributed by atoms with Crippen LogP contribution in [0.2, 0.25) is 0 Å². The van der Waals surface area contributed by atoms with Crippen LogP contribution in [-0.2, 0) is 37.6 Å². The number of aryl methyl sites for hydroxylation is 1. The van der Waals surface area contributed by atoms with Crippen molar-refractivity contribution in [1.29, 1.82) is 0 Å². The Morgan fingerprint density at radius 2 is 0.800 bits per heavy atom. The SMILES string of the molecule is Cc1ccc(NC2(C)c3ccccc3-c3cc4c(cc3C2C2Cc3cc5c(cc3-c3ccccc32)Cc2cc3c(cc2-5)Cc2ccccc2-3)-c2cc3c(cc2C4)-c2ccccc2C3)cc1. The maximum absolute atomic E-state index is 4.30. The molecular weight excluding hydrogens is 783 g/mol. The Hall–Kier alpha value is -7.22. The minimum atomic E-state index is -0.428. The molecule has 0 amide bonds. The molecule has 0 saturated heterocycles. The molecule has 0 heterocycles. The molecule has 0 spiro atoms. The van der Waals surface area contributed by atoms with Gasteiger partial charge in [0.05, 0.1) is 5.54 Å². The highest BCUT2D eigenvalue weighted by Gasteiger charge is 2.49. The molecule has 0 aliphatic heterocycles. The molecule has 1 nitrogen and oxygen atoms in total. The van der Waals surface area contributed by atoms with Crippen molar-refractivity contribution in [3.8, 4) is 66.8 Å². The first-order chi connectivity index (χ1) is 31.9. The fourth-order valence-corrected chi connectivity index (χ4v) is 13.8. The molecule has 1 heteroatoms. The van der Waals surface area contributed by atoms with Crippen molar-refractivity contribution < 1.29 is 0 Å². The number of benzene rings is 9. The van der Waals surface area contributed by atoms with Crippen molar-refractivity contribution >= 4 is 5.69 Å². The van der Waals surface area contributed by atoms with Gasteiger partial charge in [-0.15, -0.1) is 0 Å². The van der Waals surface area contributed by atoms with Crippen LogP contribution in [0.4, 0.5) is 5.69 Å². The molecule has 3 unspecified atom stereocenters. The van der Waals surface area contributed by atoms with Crippen LogP contribution in [0.15, 0.2) is 170 Å². The smallest absolute Gasteiger partial charge is 0.0677 e. The fourth-order valence-electron chi connectivity index (χ4n) is 13.8. The molecular formula is C64H47N. The molecule has 0 aromatic heterocycles. The Labute approximate surface area is 381 Å². The second-order valence-corrected chi connectivity index (χ2v) is 20.2. The van der Waals surface area contributed by atoms with Crippen LogP contribution < -0.4 is 5.32 Å². The lowest BCUT2D eigenvalue weighted by molar-refractivity contribution is 0.357. The van der Waals surface area contributed by atoms with Gasteiger partial charge in [0.15, 0.2) is 0 Å². The quantitative estimate of drug-likeness (QED) is 0.187. The third kappa shape index (κ3) is 5.04. The zero-order valence-electron chi connectivity index (χ0n) is 36.9. The average Bonchev–Trinajstić information content (AvgIpc) is 4.09. The van der Waals surface area contributed by atoms with Crippen molar-refractivity contribution in [2.75, 3.05) is 5.32 Å². The Morgan fingerprint density at radius 3 is 1.40 bits per heavy atom. The average molecular weight is 830 g/mol. The van der Waals surface area contributed by atoms with E-state index in [1.54, 1.807) is 0 Å². The maximum atomic E-state index is 4.30. The lowest BCUT2D eigenvalue weighted by Gasteiger charge is -2.50. The Balaban J connectivity index is 0.922. The Kier molecular flexibility index (Phi) is 7.21. The summed E-state index contributed by atoms with van der Waals surface area (Å²) in [5.41, 5.74) is 36.5. The topological polar surface area (TPSA) is 12.0 Å². The zero-order chi connectivity index (χ0) is 42.7. The molecule has 6 aliphatic carbocycles. The lowest BCUT2D eigenvalue weighted by Crippen LogP contribution is -2.45. The van der Waals surface area contributed by atoms with Gasteiger partial charge < -0.3 is 5.32 Å². The van der Waals surface area contributed by atoms with Crippen LogP contribution in [0.25, 0.3) is 66.8 Å². The fraction of sp³-hybridized carbons (Fsp3) is 0.156. The summed E-state index contributed by atoms with van der Waals surface area (Å²) >= 11 is 0. The lowest BCUT2D eigenvalue weighted by atomic mass is 9.58. The summed E-state index contributed by atoms with van der Waals surface area (Å²) in [6, 6.07) is 66.5. The van der Waals surface area contributed by atoms with Gasteiger partial charge >= 0.3 is 0 Å². The molecule has 15 rings (SSSR count). The Morgan fingerprint density at radius 1 is 0.369 bits per heavy atom. The van der Waals surface area contributed by atoms with Gasteiger partial charge in [0.2, 0.25) is 0 Å². The summed E-state index contributed by atoms with van der Waals surface area (Å²) in [6.07, 6.45) is 4.97. The summed E-state index contributed by atoms with van der Waals surface area (Å²) in [5, 5.41) is 4.30. The molecule has 0 saturated carbocycles. The molecule has 6 aliphatic rings. The second-order valence-electron chi connectivity index (χ2n) is 20.2. The molecule has 0 radical (unpaired) electrons. The summed E-state index contributed by atoms with van der Waals surface area (Å²) in [4.78, 5) is 0. The van der Waals surface area contributed by atoms with Gasteiger partial charge in [0.1, 0.15) is 0 Å². The van der Waals surface area contributed by atoms with Crippen molar-refractivity contribution in [3.05, 3.63) is 242 Å². The number of rotatable bonds is 3. The maximum Gasteiger partial charge on any atom is 0.0677 e. The molecule has 9 aromatic rings. The third-order valence-corrected chi connectivity index (χ3v) is 16.7. The van der Waals surface area contributed by atoms with Gasteiger partial charge in [-0.25, -0.2) is 0 Å². The van der Waals surface area contributed by atoms with Crippen LogP contribution in [0.3, 0.4) is 0 Å². The molecule has 0 bridgehead atoms. The predicted molar refractivity (Wildman–Crippen MR) is 268 cm³/mol. The van der Waals surface area contributed by atoms with Crippen LogP contribution in [0, 0.1) is 6.92 Å². The summed E-state index contributed by atoms with van der Waals surface area (Å²) in [5.74, 6) is 0.342. The zero-order valence-corrected chi connectivity index (χ0v) is 36.9. The largest absolute Gasteiger partial charge is 0.375 e. The molecule has 1 N–H and O–H groups in total.